The molecule has 0 aliphatic rings. The molecular weight excluding hydrogens is 298 g/mol. The summed E-state index contributed by atoms with van der Waals surface area (Å²) in [5.74, 6) is 0.804. The zero-order valence-corrected chi connectivity index (χ0v) is 13.6. The number of aryl methyl sites for hydroxylation is 1. The Morgan fingerprint density at radius 1 is 1.00 bits per heavy atom. The first kappa shape index (κ1) is 14.6. The minimum atomic E-state index is 0.804. The third-order valence-corrected chi connectivity index (χ3v) is 4.21. The second kappa shape index (κ2) is 6.28. The van der Waals surface area contributed by atoms with Crippen molar-refractivity contribution in [2.24, 2.45) is 0 Å². The van der Waals surface area contributed by atoms with Crippen LogP contribution in [0.3, 0.4) is 0 Å². The van der Waals surface area contributed by atoms with E-state index in [2.05, 4.69) is 56.4 Å². The van der Waals surface area contributed by atoms with Gasteiger partial charge in [0.2, 0.25) is 0 Å². The van der Waals surface area contributed by atoms with Gasteiger partial charge in [0.1, 0.15) is 12.1 Å². The van der Waals surface area contributed by atoms with Crippen molar-refractivity contribution >= 4 is 33.4 Å². The van der Waals surface area contributed by atoms with Crippen molar-refractivity contribution in [1.82, 2.24) is 19.9 Å². The molecule has 0 atom stereocenters. The summed E-state index contributed by atoms with van der Waals surface area (Å²) >= 11 is 0. The molecule has 4 rings (SSSR count). The van der Waals surface area contributed by atoms with Crippen molar-refractivity contribution in [2.45, 2.75) is 26.2 Å². The molecule has 4 aromatic rings. The number of fused-ring (bicyclic) bond motifs is 2. The summed E-state index contributed by atoms with van der Waals surface area (Å²) < 4.78 is 0. The zero-order chi connectivity index (χ0) is 16.4. The quantitative estimate of drug-likeness (QED) is 0.565. The maximum atomic E-state index is 4.41. The van der Waals surface area contributed by atoms with Gasteiger partial charge in [-0.05, 0) is 42.7 Å². The maximum absolute atomic E-state index is 4.41. The van der Waals surface area contributed by atoms with Gasteiger partial charge in [-0.25, -0.2) is 15.0 Å². The van der Waals surface area contributed by atoms with Gasteiger partial charge >= 0.3 is 0 Å². The Kier molecular flexibility index (Phi) is 3.83. The predicted molar refractivity (Wildman–Crippen MR) is 97.5 cm³/mol. The van der Waals surface area contributed by atoms with E-state index in [1.54, 1.807) is 12.7 Å². The van der Waals surface area contributed by atoms with Crippen LogP contribution in [-0.4, -0.2) is 19.9 Å². The molecule has 0 aliphatic heterocycles. The Labute approximate surface area is 140 Å². The second-order valence-electron chi connectivity index (χ2n) is 5.94. The van der Waals surface area contributed by atoms with E-state index in [1.165, 1.54) is 18.4 Å². The number of aromatic amines is 1. The van der Waals surface area contributed by atoms with Gasteiger partial charge in [0.15, 0.2) is 0 Å². The number of benzene rings is 2. The molecule has 0 aliphatic carbocycles. The highest BCUT2D eigenvalue weighted by molar-refractivity contribution is 5.99. The fraction of sp³-hybridized carbons (Fsp3) is 0.211. The molecule has 2 N–H and O–H groups in total. The highest BCUT2D eigenvalue weighted by atomic mass is 15.0. The number of rotatable bonds is 5. The average Bonchev–Trinajstić information content (AvgIpc) is 3.07. The monoisotopic (exact) mass is 317 g/mol. The number of aromatic nitrogens is 4. The van der Waals surface area contributed by atoms with Gasteiger partial charge in [-0.3, -0.25) is 0 Å². The molecule has 0 saturated carbocycles. The highest BCUT2D eigenvalue weighted by Crippen LogP contribution is 2.26. The van der Waals surface area contributed by atoms with E-state index in [4.69, 9.17) is 0 Å². The van der Waals surface area contributed by atoms with E-state index in [1.807, 2.05) is 12.1 Å². The Morgan fingerprint density at radius 3 is 2.71 bits per heavy atom. The predicted octanol–water partition coefficient (Wildman–Crippen LogP) is 4.59. The summed E-state index contributed by atoms with van der Waals surface area (Å²) in [5.41, 5.74) is 5.17. The largest absolute Gasteiger partial charge is 0.345 e. The normalized spacial score (nSPS) is 11.2. The second-order valence-corrected chi connectivity index (χ2v) is 5.94. The van der Waals surface area contributed by atoms with Crippen LogP contribution >= 0.6 is 0 Å². The molecule has 0 bridgehead atoms. The van der Waals surface area contributed by atoms with Crippen LogP contribution in [0, 0.1) is 0 Å². The van der Waals surface area contributed by atoms with Crippen molar-refractivity contribution in [3.63, 3.8) is 0 Å². The molecule has 2 aromatic carbocycles. The molecule has 2 heterocycles. The van der Waals surface area contributed by atoms with E-state index in [0.717, 1.165) is 39.9 Å². The first-order valence-corrected chi connectivity index (χ1v) is 8.27. The van der Waals surface area contributed by atoms with Gasteiger partial charge in [0.05, 0.1) is 22.9 Å². The van der Waals surface area contributed by atoms with Crippen LogP contribution in [0.5, 0.6) is 0 Å². The standard InChI is InChI=1S/C19H19N5/c1-2-3-4-13-5-7-14(8-6-13)24-19-15-9-17-18(22-11-21-17)10-16(15)20-12-23-19/h5-12H,2-4H2,1H3,(H,21,22)(H,20,23,24). The minimum absolute atomic E-state index is 0.804. The number of hydrogen-bond donors (Lipinski definition) is 2. The number of anilines is 2. The fourth-order valence-electron chi connectivity index (χ4n) is 2.86. The number of unbranched alkanes of at least 4 members (excludes halogenated alkanes) is 1. The third kappa shape index (κ3) is 2.80. The Hall–Kier alpha value is -2.95. The Bertz CT molecular complexity index is 972. The molecule has 24 heavy (non-hydrogen) atoms. The van der Waals surface area contributed by atoms with Gasteiger partial charge in [-0.15, -0.1) is 0 Å². The molecule has 0 saturated heterocycles. The first-order valence-electron chi connectivity index (χ1n) is 8.27. The Balaban J connectivity index is 1.66. The molecule has 120 valence electrons. The van der Waals surface area contributed by atoms with Crippen molar-refractivity contribution in [3.05, 3.63) is 54.6 Å². The number of hydrogen-bond acceptors (Lipinski definition) is 4. The molecule has 5 nitrogen and oxygen atoms in total. The van der Waals surface area contributed by atoms with Crippen LogP contribution in [0.1, 0.15) is 25.3 Å². The van der Waals surface area contributed by atoms with Gasteiger partial charge < -0.3 is 10.3 Å². The topological polar surface area (TPSA) is 66.5 Å². The smallest absolute Gasteiger partial charge is 0.141 e. The van der Waals surface area contributed by atoms with Gasteiger partial charge in [0.25, 0.3) is 0 Å². The van der Waals surface area contributed by atoms with Crippen LogP contribution in [0.2, 0.25) is 0 Å². The van der Waals surface area contributed by atoms with E-state index in [9.17, 15) is 0 Å². The number of nitrogens with one attached hydrogen (secondary N) is 2. The minimum Gasteiger partial charge on any atom is -0.345 e. The van der Waals surface area contributed by atoms with Crippen molar-refractivity contribution in [1.29, 1.82) is 0 Å². The fourth-order valence-corrected chi connectivity index (χ4v) is 2.86. The van der Waals surface area contributed by atoms with Crippen LogP contribution in [0.25, 0.3) is 21.9 Å². The van der Waals surface area contributed by atoms with Crippen LogP contribution < -0.4 is 5.32 Å². The Morgan fingerprint density at radius 2 is 1.88 bits per heavy atom. The molecule has 0 radical (unpaired) electrons. The summed E-state index contributed by atoms with van der Waals surface area (Å²) in [5, 5.41) is 4.38. The summed E-state index contributed by atoms with van der Waals surface area (Å²) in [6.07, 6.45) is 6.85. The van der Waals surface area contributed by atoms with E-state index >= 15 is 0 Å². The average molecular weight is 317 g/mol. The van der Waals surface area contributed by atoms with Crippen molar-refractivity contribution in [2.75, 3.05) is 5.32 Å². The number of imidazole rings is 1. The molecule has 0 fully saturated rings. The van der Waals surface area contributed by atoms with E-state index < -0.39 is 0 Å². The zero-order valence-electron chi connectivity index (χ0n) is 13.6. The lowest BCUT2D eigenvalue weighted by Gasteiger charge is -2.09. The van der Waals surface area contributed by atoms with Crippen molar-refractivity contribution < 1.29 is 0 Å². The molecule has 5 heteroatoms. The summed E-state index contributed by atoms with van der Waals surface area (Å²) in [7, 11) is 0. The summed E-state index contributed by atoms with van der Waals surface area (Å²) in [6.45, 7) is 2.22. The first-order chi connectivity index (χ1) is 11.8. The summed E-state index contributed by atoms with van der Waals surface area (Å²) in [4.78, 5) is 16.2. The lowest BCUT2D eigenvalue weighted by Crippen LogP contribution is -1.96. The SMILES string of the molecule is CCCCc1ccc(Nc2ncnc3cc4nc[nH]c4cc23)cc1. The van der Waals surface area contributed by atoms with Crippen LogP contribution in [0.15, 0.2) is 49.1 Å². The van der Waals surface area contributed by atoms with Gasteiger partial charge in [0, 0.05) is 11.1 Å². The molecule has 0 amide bonds. The van der Waals surface area contributed by atoms with Crippen molar-refractivity contribution in [3.8, 4) is 0 Å². The molecular formula is C19H19N5. The molecule has 2 aromatic heterocycles. The molecule has 0 unspecified atom stereocenters. The lowest BCUT2D eigenvalue weighted by atomic mass is 10.1. The highest BCUT2D eigenvalue weighted by Gasteiger charge is 2.07. The third-order valence-electron chi connectivity index (χ3n) is 4.21. The van der Waals surface area contributed by atoms with Crippen LogP contribution in [0.4, 0.5) is 11.5 Å². The maximum Gasteiger partial charge on any atom is 0.141 e. The lowest BCUT2D eigenvalue weighted by molar-refractivity contribution is 0.795. The van der Waals surface area contributed by atoms with Crippen LogP contribution in [-0.2, 0) is 6.42 Å². The van der Waals surface area contributed by atoms with E-state index in [0.29, 0.717) is 0 Å². The van der Waals surface area contributed by atoms with Gasteiger partial charge in [-0.2, -0.15) is 0 Å². The molecule has 0 spiro atoms. The van der Waals surface area contributed by atoms with E-state index in [-0.39, 0.29) is 0 Å². The number of H-pyrrole nitrogens is 1. The van der Waals surface area contributed by atoms with Gasteiger partial charge in [-0.1, -0.05) is 25.5 Å². The number of nitrogens with zero attached hydrogens (tertiary/aromatic N) is 3. The summed E-state index contributed by atoms with van der Waals surface area (Å²) in [6, 6.07) is 12.6.